The number of halogens is 3. The number of nitrogens with one attached hydrogen (secondary N) is 1. The number of nitrogens with two attached hydrogens (primary N) is 1. The van der Waals surface area contributed by atoms with Gasteiger partial charge in [-0.1, -0.05) is 6.07 Å². The normalized spacial score (nSPS) is 11.0. The molecule has 0 radical (unpaired) electrons. The van der Waals surface area contributed by atoms with E-state index in [1.54, 1.807) is 12.1 Å². The van der Waals surface area contributed by atoms with E-state index in [4.69, 9.17) is 12.3 Å². The molecule has 3 aromatic heterocycles. The van der Waals surface area contributed by atoms with Gasteiger partial charge in [-0.2, -0.15) is 28.1 Å². The van der Waals surface area contributed by atoms with Crippen LogP contribution in [0.1, 0.15) is 11.4 Å². The van der Waals surface area contributed by atoms with E-state index in [-0.39, 0.29) is 30.0 Å². The SMILES string of the molecule is [C-]#[N+]Cc1cc(Nc2nc(N)nc(-c3cccc(C(F)(F)F)n3)n2)ccn1. The van der Waals surface area contributed by atoms with E-state index in [0.717, 1.165) is 6.07 Å². The predicted molar refractivity (Wildman–Crippen MR) is 90.3 cm³/mol. The zero-order chi connectivity index (χ0) is 19.4. The minimum Gasteiger partial charge on any atom is -0.368 e. The fourth-order valence-electron chi connectivity index (χ4n) is 2.13. The van der Waals surface area contributed by atoms with Crippen LogP contribution in [0.5, 0.6) is 0 Å². The van der Waals surface area contributed by atoms with Crippen LogP contribution in [0.25, 0.3) is 16.4 Å². The summed E-state index contributed by atoms with van der Waals surface area (Å²) < 4.78 is 38.6. The lowest BCUT2D eigenvalue weighted by molar-refractivity contribution is -0.141. The van der Waals surface area contributed by atoms with Crippen LogP contribution < -0.4 is 11.1 Å². The number of alkyl halides is 3. The summed E-state index contributed by atoms with van der Waals surface area (Å²) >= 11 is 0. The second-order valence-electron chi connectivity index (χ2n) is 5.22. The van der Waals surface area contributed by atoms with E-state index in [0.29, 0.717) is 11.4 Å². The molecule has 0 aliphatic heterocycles. The Bertz CT molecular complexity index is 1010. The van der Waals surface area contributed by atoms with Crippen LogP contribution in [-0.2, 0) is 12.7 Å². The lowest BCUT2D eigenvalue weighted by Crippen LogP contribution is -2.10. The van der Waals surface area contributed by atoms with Gasteiger partial charge >= 0.3 is 6.18 Å². The Hall–Kier alpha value is -3.81. The molecule has 27 heavy (non-hydrogen) atoms. The molecule has 0 fully saturated rings. The third-order valence-corrected chi connectivity index (χ3v) is 3.24. The highest BCUT2D eigenvalue weighted by molar-refractivity contribution is 5.58. The molecular formula is C16H11F3N8. The van der Waals surface area contributed by atoms with E-state index in [2.05, 4.69) is 35.1 Å². The number of hydrogen-bond acceptors (Lipinski definition) is 7. The summed E-state index contributed by atoms with van der Waals surface area (Å²) in [5.41, 5.74) is 5.57. The molecule has 3 N–H and O–H groups in total. The fraction of sp³-hybridized carbons (Fsp3) is 0.125. The Kier molecular flexibility index (Phi) is 4.80. The van der Waals surface area contributed by atoms with Crippen LogP contribution in [0.3, 0.4) is 0 Å². The van der Waals surface area contributed by atoms with Gasteiger partial charge in [0, 0.05) is 11.9 Å². The number of nitrogens with zero attached hydrogens (tertiary/aromatic N) is 6. The van der Waals surface area contributed by atoms with E-state index in [1.165, 1.54) is 18.3 Å². The van der Waals surface area contributed by atoms with Crippen molar-refractivity contribution in [1.29, 1.82) is 0 Å². The van der Waals surface area contributed by atoms with Crippen molar-refractivity contribution in [3.05, 3.63) is 59.3 Å². The standard InChI is InChI=1S/C16H11F3N8/c1-21-8-10-7-9(5-6-22-10)23-15-26-13(25-14(20)27-15)11-3-2-4-12(24-11)16(17,18)19/h2-7H,8H2,(H3,20,22,23,25,26,27). The Morgan fingerprint density at radius 2 is 1.93 bits per heavy atom. The van der Waals surface area contributed by atoms with Crippen molar-refractivity contribution in [2.45, 2.75) is 12.7 Å². The van der Waals surface area contributed by atoms with Crippen LogP contribution >= 0.6 is 0 Å². The number of nitrogen functional groups attached to an aromatic ring is 1. The van der Waals surface area contributed by atoms with Crippen molar-refractivity contribution >= 4 is 17.6 Å². The van der Waals surface area contributed by atoms with E-state index < -0.39 is 11.9 Å². The maximum absolute atomic E-state index is 12.9. The number of hydrogen-bond donors (Lipinski definition) is 2. The van der Waals surface area contributed by atoms with Gasteiger partial charge in [-0.05, 0) is 24.3 Å². The van der Waals surface area contributed by atoms with Gasteiger partial charge in [-0.15, -0.1) is 0 Å². The van der Waals surface area contributed by atoms with Crippen LogP contribution in [0, 0.1) is 6.57 Å². The molecule has 0 saturated heterocycles. The molecular weight excluding hydrogens is 361 g/mol. The zero-order valence-electron chi connectivity index (χ0n) is 13.6. The van der Waals surface area contributed by atoms with E-state index in [1.807, 2.05) is 0 Å². The summed E-state index contributed by atoms with van der Waals surface area (Å²) in [4.78, 5) is 22.7. The molecule has 0 saturated carbocycles. The second kappa shape index (κ2) is 7.20. The summed E-state index contributed by atoms with van der Waals surface area (Å²) in [6.07, 6.45) is -3.09. The first-order valence-electron chi connectivity index (χ1n) is 7.46. The van der Waals surface area contributed by atoms with Gasteiger partial charge in [0.25, 0.3) is 6.54 Å². The smallest absolute Gasteiger partial charge is 0.368 e. The average Bonchev–Trinajstić information content (AvgIpc) is 2.61. The largest absolute Gasteiger partial charge is 0.433 e. The number of pyridine rings is 2. The Morgan fingerprint density at radius 3 is 2.67 bits per heavy atom. The van der Waals surface area contributed by atoms with Gasteiger partial charge in [0.2, 0.25) is 11.9 Å². The summed E-state index contributed by atoms with van der Waals surface area (Å²) in [7, 11) is 0. The van der Waals surface area contributed by atoms with Crippen LogP contribution in [0.2, 0.25) is 0 Å². The Balaban J connectivity index is 1.94. The highest BCUT2D eigenvalue weighted by atomic mass is 19.4. The van der Waals surface area contributed by atoms with E-state index >= 15 is 0 Å². The molecule has 0 aliphatic rings. The molecule has 8 nitrogen and oxygen atoms in total. The highest BCUT2D eigenvalue weighted by Crippen LogP contribution is 2.29. The molecule has 3 aromatic rings. The van der Waals surface area contributed by atoms with Gasteiger partial charge in [0.15, 0.2) is 5.82 Å². The first-order valence-corrected chi connectivity index (χ1v) is 7.46. The Labute approximate surface area is 151 Å². The molecule has 0 unspecified atom stereocenters. The summed E-state index contributed by atoms with van der Waals surface area (Å²) in [5, 5.41) is 2.86. The molecule has 0 amide bonds. The monoisotopic (exact) mass is 372 g/mol. The summed E-state index contributed by atoms with van der Waals surface area (Å²) in [6, 6.07) is 6.64. The van der Waals surface area contributed by atoms with Crippen molar-refractivity contribution in [3.63, 3.8) is 0 Å². The van der Waals surface area contributed by atoms with Crippen molar-refractivity contribution in [2.75, 3.05) is 11.1 Å². The third-order valence-electron chi connectivity index (χ3n) is 3.24. The molecule has 0 bridgehead atoms. The summed E-state index contributed by atoms with van der Waals surface area (Å²) in [6.45, 7) is 6.98. The molecule has 0 atom stereocenters. The molecule has 11 heteroatoms. The number of rotatable bonds is 4. The molecule has 3 heterocycles. The van der Waals surface area contributed by atoms with Crippen LogP contribution in [0.4, 0.5) is 30.8 Å². The minimum atomic E-state index is -4.59. The van der Waals surface area contributed by atoms with Crippen molar-refractivity contribution < 1.29 is 13.2 Å². The molecule has 0 spiro atoms. The van der Waals surface area contributed by atoms with Gasteiger partial charge in [-0.3, -0.25) is 4.98 Å². The lowest BCUT2D eigenvalue weighted by Gasteiger charge is -2.09. The topological polar surface area (TPSA) is 107 Å². The maximum atomic E-state index is 12.9. The predicted octanol–water partition coefficient (Wildman–Crippen LogP) is 3.09. The number of aromatic nitrogens is 5. The lowest BCUT2D eigenvalue weighted by atomic mass is 10.3. The summed E-state index contributed by atoms with van der Waals surface area (Å²) in [5.74, 6) is -0.264. The zero-order valence-corrected chi connectivity index (χ0v) is 13.6. The van der Waals surface area contributed by atoms with Crippen molar-refractivity contribution in [3.8, 4) is 11.5 Å². The van der Waals surface area contributed by atoms with E-state index in [9.17, 15) is 13.2 Å². The molecule has 3 rings (SSSR count). The quantitative estimate of drug-likeness (QED) is 0.678. The maximum Gasteiger partial charge on any atom is 0.433 e. The van der Waals surface area contributed by atoms with Crippen LogP contribution in [-0.4, -0.2) is 24.9 Å². The third kappa shape index (κ3) is 4.43. The second-order valence-corrected chi connectivity index (χ2v) is 5.22. The highest BCUT2D eigenvalue weighted by Gasteiger charge is 2.32. The van der Waals surface area contributed by atoms with Crippen molar-refractivity contribution in [1.82, 2.24) is 24.9 Å². The Morgan fingerprint density at radius 1 is 1.11 bits per heavy atom. The molecule has 136 valence electrons. The first-order chi connectivity index (χ1) is 12.8. The molecule has 0 aromatic carbocycles. The molecule has 0 aliphatic carbocycles. The van der Waals surface area contributed by atoms with Gasteiger partial charge in [-0.25, -0.2) is 11.6 Å². The fourth-order valence-corrected chi connectivity index (χ4v) is 2.13. The first kappa shape index (κ1) is 18.0. The number of anilines is 3. The van der Waals surface area contributed by atoms with Gasteiger partial charge < -0.3 is 15.9 Å². The van der Waals surface area contributed by atoms with Crippen LogP contribution in [0.15, 0.2) is 36.5 Å². The minimum absolute atomic E-state index is 0.0247. The average molecular weight is 372 g/mol. The van der Waals surface area contributed by atoms with Gasteiger partial charge in [0.1, 0.15) is 17.1 Å². The van der Waals surface area contributed by atoms with Gasteiger partial charge in [0.05, 0.1) is 0 Å². The van der Waals surface area contributed by atoms with Crippen molar-refractivity contribution in [2.24, 2.45) is 0 Å².